The molecular weight excluding hydrogens is 248 g/mol. The molecule has 1 aliphatic heterocycles. The first-order valence-electron chi connectivity index (χ1n) is 6.23. The first-order chi connectivity index (χ1) is 8.83. The Morgan fingerprint density at radius 3 is 3.17 bits per heavy atom. The lowest BCUT2D eigenvalue weighted by Crippen LogP contribution is -2.28. The fourth-order valence-corrected chi connectivity index (χ4v) is 2.50. The molecule has 0 amide bonds. The highest BCUT2D eigenvalue weighted by Gasteiger charge is 2.15. The normalized spacial score (nSPS) is 19.3. The average Bonchev–Trinajstić information content (AvgIpc) is 2.89. The monoisotopic (exact) mass is 262 g/mol. The Morgan fingerprint density at radius 2 is 2.33 bits per heavy atom. The number of ether oxygens (including phenoxy) is 1. The van der Waals surface area contributed by atoms with Crippen molar-refractivity contribution in [2.45, 2.75) is 18.9 Å². The third-order valence-corrected chi connectivity index (χ3v) is 3.51. The summed E-state index contributed by atoms with van der Waals surface area (Å²) in [5.41, 5.74) is 0. The number of hydrogen-bond donors (Lipinski definition) is 1. The molecule has 1 aromatic carbocycles. The van der Waals surface area contributed by atoms with Crippen molar-refractivity contribution in [3.05, 3.63) is 35.5 Å². The van der Waals surface area contributed by atoms with Crippen LogP contribution < -0.4 is 10.1 Å². The average molecular weight is 263 g/mol. The second-order valence-corrected chi connectivity index (χ2v) is 5.02. The van der Waals surface area contributed by atoms with Gasteiger partial charge in [-0.2, -0.15) is 0 Å². The van der Waals surface area contributed by atoms with Crippen molar-refractivity contribution >= 4 is 22.4 Å². The van der Waals surface area contributed by atoms with Crippen LogP contribution in [-0.4, -0.2) is 24.2 Å². The van der Waals surface area contributed by atoms with Crippen molar-refractivity contribution in [2.24, 2.45) is 0 Å². The molecule has 4 heteroatoms. The van der Waals surface area contributed by atoms with Crippen LogP contribution in [0.5, 0.6) is 5.88 Å². The van der Waals surface area contributed by atoms with Gasteiger partial charge in [0.1, 0.15) is 6.61 Å². The second kappa shape index (κ2) is 5.12. The van der Waals surface area contributed by atoms with E-state index in [0.717, 1.165) is 22.3 Å². The highest BCUT2D eigenvalue weighted by Crippen LogP contribution is 2.26. The molecule has 1 aromatic heterocycles. The van der Waals surface area contributed by atoms with E-state index in [2.05, 4.69) is 10.3 Å². The van der Waals surface area contributed by atoms with Gasteiger partial charge in [0.2, 0.25) is 5.88 Å². The number of benzene rings is 1. The van der Waals surface area contributed by atoms with Gasteiger partial charge in [-0.15, -0.1) is 0 Å². The minimum atomic E-state index is 0.453. The maximum absolute atomic E-state index is 5.98. The van der Waals surface area contributed by atoms with Crippen molar-refractivity contribution < 1.29 is 4.74 Å². The van der Waals surface area contributed by atoms with Crippen molar-refractivity contribution in [3.8, 4) is 5.88 Å². The molecular formula is C14H15ClN2O. The Morgan fingerprint density at radius 1 is 1.39 bits per heavy atom. The van der Waals surface area contributed by atoms with Crippen LogP contribution in [0.15, 0.2) is 30.5 Å². The lowest BCUT2D eigenvalue weighted by atomic mass is 10.2. The number of nitrogens with zero attached hydrogens (tertiary/aromatic N) is 1. The SMILES string of the molecule is Clc1ccc2c(OCC3CCCN3)nccc2c1. The van der Waals surface area contributed by atoms with Gasteiger partial charge >= 0.3 is 0 Å². The highest BCUT2D eigenvalue weighted by molar-refractivity contribution is 6.31. The predicted molar refractivity (Wildman–Crippen MR) is 73.3 cm³/mol. The summed E-state index contributed by atoms with van der Waals surface area (Å²) in [4.78, 5) is 4.30. The molecule has 1 saturated heterocycles. The molecule has 2 aromatic rings. The summed E-state index contributed by atoms with van der Waals surface area (Å²) in [5, 5.41) is 6.22. The summed E-state index contributed by atoms with van der Waals surface area (Å²) < 4.78 is 5.83. The highest BCUT2D eigenvalue weighted by atomic mass is 35.5. The first-order valence-corrected chi connectivity index (χ1v) is 6.61. The molecule has 0 radical (unpaired) electrons. The van der Waals surface area contributed by atoms with Gasteiger partial charge in [0.15, 0.2) is 0 Å². The quantitative estimate of drug-likeness (QED) is 0.923. The number of aromatic nitrogens is 1. The maximum atomic E-state index is 5.98. The zero-order valence-electron chi connectivity index (χ0n) is 10.0. The number of nitrogens with one attached hydrogen (secondary N) is 1. The molecule has 0 bridgehead atoms. The Hall–Kier alpha value is -1.32. The standard InChI is InChI=1S/C14H15ClN2O/c15-11-3-4-13-10(8-11)5-7-17-14(13)18-9-12-2-1-6-16-12/h3-5,7-8,12,16H,1-2,6,9H2. The van der Waals surface area contributed by atoms with Crippen molar-refractivity contribution in [1.82, 2.24) is 10.3 Å². The molecule has 3 nitrogen and oxygen atoms in total. The third kappa shape index (κ3) is 2.42. The number of rotatable bonds is 3. The molecule has 2 heterocycles. The van der Waals surface area contributed by atoms with Crippen molar-refractivity contribution in [3.63, 3.8) is 0 Å². The van der Waals surface area contributed by atoms with E-state index in [1.165, 1.54) is 12.8 Å². The van der Waals surface area contributed by atoms with Gasteiger partial charge in [-0.3, -0.25) is 0 Å². The summed E-state index contributed by atoms with van der Waals surface area (Å²) in [6.07, 6.45) is 4.17. The Kier molecular flexibility index (Phi) is 3.35. The number of halogens is 1. The fraction of sp³-hybridized carbons (Fsp3) is 0.357. The molecule has 1 fully saturated rings. The van der Waals surface area contributed by atoms with Gasteiger partial charge in [0.05, 0.1) is 0 Å². The molecule has 0 aliphatic carbocycles. The molecule has 1 N–H and O–H groups in total. The molecule has 1 aliphatic rings. The molecule has 0 saturated carbocycles. The van der Waals surface area contributed by atoms with Gasteiger partial charge in [-0.25, -0.2) is 4.98 Å². The van der Waals surface area contributed by atoms with E-state index in [1.54, 1.807) is 6.20 Å². The molecule has 18 heavy (non-hydrogen) atoms. The second-order valence-electron chi connectivity index (χ2n) is 4.59. The van der Waals surface area contributed by atoms with E-state index >= 15 is 0 Å². The fourth-order valence-electron chi connectivity index (χ4n) is 2.31. The maximum Gasteiger partial charge on any atom is 0.221 e. The molecule has 3 rings (SSSR count). The summed E-state index contributed by atoms with van der Waals surface area (Å²) in [7, 11) is 0. The molecule has 1 atom stereocenters. The van der Waals surface area contributed by atoms with Crippen molar-refractivity contribution in [1.29, 1.82) is 0 Å². The van der Waals surface area contributed by atoms with Crippen LogP contribution >= 0.6 is 11.6 Å². The van der Waals surface area contributed by atoms with Crippen LogP contribution in [0.2, 0.25) is 5.02 Å². The van der Waals surface area contributed by atoms with Gasteiger partial charge in [0, 0.05) is 22.6 Å². The topological polar surface area (TPSA) is 34.1 Å². The van der Waals surface area contributed by atoms with Crippen LogP contribution in [0.4, 0.5) is 0 Å². The minimum absolute atomic E-state index is 0.453. The third-order valence-electron chi connectivity index (χ3n) is 3.27. The van der Waals surface area contributed by atoms with Crippen molar-refractivity contribution in [2.75, 3.05) is 13.2 Å². The summed E-state index contributed by atoms with van der Waals surface area (Å²) in [6, 6.07) is 8.16. The number of hydrogen-bond acceptors (Lipinski definition) is 3. The number of pyridine rings is 1. The van der Waals surface area contributed by atoms with Gasteiger partial charge in [0.25, 0.3) is 0 Å². The van der Waals surface area contributed by atoms with E-state index in [4.69, 9.17) is 16.3 Å². The van der Waals surface area contributed by atoms with E-state index in [-0.39, 0.29) is 0 Å². The van der Waals surface area contributed by atoms with Gasteiger partial charge in [-0.05, 0) is 49.0 Å². The van der Waals surface area contributed by atoms with Gasteiger partial charge in [-0.1, -0.05) is 11.6 Å². The van der Waals surface area contributed by atoms with E-state index in [0.29, 0.717) is 18.5 Å². The van der Waals surface area contributed by atoms with Crippen LogP contribution in [0, 0.1) is 0 Å². The summed E-state index contributed by atoms with van der Waals surface area (Å²) >= 11 is 5.98. The Bertz CT molecular complexity index is 552. The lowest BCUT2D eigenvalue weighted by Gasteiger charge is -2.12. The zero-order valence-corrected chi connectivity index (χ0v) is 10.8. The minimum Gasteiger partial charge on any atom is -0.476 e. The Balaban J connectivity index is 1.82. The van der Waals surface area contributed by atoms with Crippen LogP contribution in [0.1, 0.15) is 12.8 Å². The molecule has 1 unspecified atom stereocenters. The van der Waals surface area contributed by atoms with E-state index in [9.17, 15) is 0 Å². The van der Waals surface area contributed by atoms with Crippen LogP contribution in [0.3, 0.4) is 0 Å². The predicted octanol–water partition coefficient (Wildman–Crippen LogP) is 3.02. The van der Waals surface area contributed by atoms with Gasteiger partial charge < -0.3 is 10.1 Å². The zero-order chi connectivity index (χ0) is 12.4. The summed E-state index contributed by atoms with van der Waals surface area (Å²) in [6.45, 7) is 1.77. The summed E-state index contributed by atoms with van der Waals surface area (Å²) in [5.74, 6) is 0.692. The lowest BCUT2D eigenvalue weighted by molar-refractivity contribution is 0.271. The molecule has 94 valence electrons. The largest absolute Gasteiger partial charge is 0.476 e. The molecule has 0 spiro atoms. The van der Waals surface area contributed by atoms with Crippen LogP contribution in [0.25, 0.3) is 10.8 Å². The van der Waals surface area contributed by atoms with E-state index < -0.39 is 0 Å². The Labute approximate surface area is 111 Å². The van der Waals surface area contributed by atoms with E-state index in [1.807, 2.05) is 24.3 Å². The smallest absolute Gasteiger partial charge is 0.221 e. The first kappa shape index (κ1) is 11.8. The number of fused-ring (bicyclic) bond motifs is 1. The van der Waals surface area contributed by atoms with Crippen LogP contribution in [-0.2, 0) is 0 Å².